The number of amides is 1. The number of rotatable bonds is 3. The Morgan fingerprint density at radius 1 is 1.41 bits per heavy atom. The molecule has 1 N–H and O–H groups in total. The van der Waals surface area contributed by atoms with E-state index in [9.17, 15) is 9.59 Å². The lowest BCUT2D eigenvalue weighted by Gasteiger charge is -2.08. The van der Waals surface area contributed by atoms with Crippen molar-refractivity contribution < 1.29 is 14.3 Å². The number of cyclic esters (lactones) is 1. The summed E-state index contributed by atoms with van der Waals surface area (Å²) >= 11 is 5.65. The molecule has 1 heterocycles. The fourth-order valence-corrected chi connectivity index (χ4v) is 1.79. The summed E-state index contributed by atoms with van der Waals surface area (Å²) in [7, 11) is 0. The number of benzene rings is 1. The molecule has 1 aliphatic rings. The highest BCUT2D eigenvalue weighted by atomic mass is 35.5. The number of esters is 1. The van der Waals surface area contributed by atoms with Crippen LogP contribution in [-0.4, -0.2) is 24.5 Å². The molecule has 0 saturated carbocycles. The molecule has 1 unspecified atom stereocenters. The topological polar surface area (TPSA) is 55.4 Å². The molecule has 1 aliphatic heterocycles. The minimum atomic E-state index is -0.518. The smallest absolute Gasteiger partial charge is 0.328 e. The molecule has 0 aromatic heterocycles. The maximum Gasteiger partial charge on any atom is 0.328 e. The number of ether oxygens (including phenoxy) is 1. The summed E-state index contributed by atoms with van der Waals surface area (Å²) in [6, 6.07) is 6.43. The predicted molar refractivity (Wildman–Crippen MR) is 62.8 cm³/mol. The SMILES string of the molecule is O=C(NC1CCOC1=O)c1ccc(CCl)cc1. The quantitative estimate of drug-likeness (QED) is 0.656. The molecule has 1 amide bonds. The number of carbonyl (C=O) groups excluding carboxylic acids is 2. The highest BCUT2D eigenvalue weighted by Crippen LogP contribution is 2.09. The van der Waals surface area contributed by atoms with Crippen molar-refractivity contribution in [2.45, 2.75) is 18.3 Å². The number of halogens is 1. The van der Waals surface area contributed by atoms with E-state index in [1.807, 2.05) is 0 Å². The van der Waals surface area contributed by atoms with Gasteiger partial charge in [-0.2, -0.15) is 0 Å². The van der Waals surface area contributed by atoms with Crippen LogP contribution in [0.2, 0.25) is 0 Å². The normalized spacial score (nSPS) is 18.9. The van der Waals surface area contributed by atoms with Crippen molar-refractivity contribution in [2.75, 3.05) is 6.61 Å². The molecule has 1 aromatic rings. The maximum atomic E-state index is 11.8. The molecular weight excluding hydrogens is 242 g/mol. The zero-order valence-corrected chi connectivity index (χ0v) is 9.87. The number of carbonyl (C=O) groups is 2. The Labute approximate surface area is 104 Å². The molecule has 1 saturated heterocycles. The van der Waals surface area contributed by atoms with Crippen LogP contribution < -0.4 is 5.32 Å². The molecule has 0 aliphatic carbocycles. The van der Waals surface area contributed by atoms with E-state index in [4.69, 9.17) is 16.3 Å². The molecular formula is C12H12ClNO3. The fourth-order valence-electron chi connectivity index (χ4n) is 1.61. The van der Waals surface area contributed by atoms with E-state index in [2.05, 4.69) is 5.32 Å². The van der Waals surface area contributed by atoms with Gasteiger partial charge in [0.2, 0.25) is 0 Å². The van der Waals surface area contributed by atoms with E-state index in [0.717, 1.165) is 5.56 Å². The predicted octanol–water partition coefficient (Wildman–Crippen LogP) is 1.47. The molecule has 0 radical (unpaired) electrons. The molecule has 5 heteroatoms. The van der Waals surface area contributed by atoms with E-state index in [0.29, 0.717) is 24.5 Å². The Kier molecular flexibility index (Phi) is 3.64. The summed E-state index contributed by atoms with van der Waals surface area (Å²) in [5.41, 5.74) is 1.46. The molecule has 4 nitrogen and oxygen atoms in total. The summed E-state index contributed by atoms with van der Waals surface area (Å²) in [5.74, 6) is -0.220. The van der Waals surface area contributed by atoms with Gasteiger partial charge in [-0.25, -0.2) is 4.79 Å². The summed E-state index contributed by atoms with van der Waals surface area (Å²) in [6.45, 7) is 0.370. The van der Waals surface area contributed by atoms with Crippen molar-refractivity contribution in [1.29, 1.82) is 0 Å². The monoisotopic (exact) mass is 253 g/mol. The van der Waals surface area contributed by atoms with Crippen LogP contribution in [0.25, 0.3) is 0 Å². The molecule has 1 fully saturated rings. The van der Waals surface area contributed by atoms with Gasteiger partial charge < -0.3 is 10.1 Å². The second kappa shape index (κ2) is 5.19. The minimum absolute atomic E-state index is 0.269. The van der Waals surface area contributed by atoms with Gasteiger partial charge >= 0.3 is 5.97 Å². The maximum absolute atomic E-state index is 11.8. The lowest BCUT2D eigenvalue weighted by atomic mass is 10.1. The average Bonchev–Trinajstić information content (AvgIpc) is 2.75. The molecule has 2 rings (SSSR count). The van der Waals surface area contributed by atoms with E-state index in [1.54, 1.807) is 24.3 Å². The first-order valence-corrected chi connectivity index (χ1v) is 5.86. The van der Waals surface area contributed by atoms with Crippen molar-refractivity contribution in [1.82, 2.24) is 5.32 Å². The molecule has 17 heavy (non-hydrogen) atoms. The standard InChI is InChI=1S/C12H12ClNO3/c13-7-8-1-3-9(4-2-8)11(15)14-10-5-6-17-12(10)16/h1-4,10H,5-7H2,(H,14,15). The Balaban J connectivity index is 2.01. The second-order valence-electron chi connectivity index (χ2n) is 3.81. The van der Waals surface area contributed by atoms with E-state index >= 15 is 0 Å². The van der Waals surface area contributed by atoms with Crippen LogP contribution in [-0.2, 0) is 15.4 Å². The van der Waals surface area contributed by atoms with Gasteiger partial charge in [0, 0.05) is 17.9 Å². The highest BCUT2D eigenvalue weighted by Gasteiger charge is 2.28. The van der Waals surface area contributed by atoms with Crippen LogP contribution in [0.1, 0.15) is 22.3 Å². The zero-order chi connectivity index (χ0) is 12.3. The first-order chi connectivity index (χ1) is 8.20. The van der Waals surface area contributed by atoms with E-state index in [-0.39, 0.29) is 11.9 Å². The molecule has 0 bridgehead atoms. The number of hydrogen-bond donors (Lipinski definition) is 1. The van der Waals surface area contributed by atoms with Gasteiger partial charge in [0.05, 0.1) is 6.61 Å². The van der Waals surface area contributed by atoms with Crippen molar-refractivity contribution in [3.63, 3.8) is 0 Å². The highest BCUT2D eigenvalue weighted by molar-refractivity contribution is 6.17. The third-order valence-corrected chi connectivity index (χ3v) is 2.92. The van der Waals surface area contributed by atoms with Crippen LogP contribution in [0.4, 0.5) is 0 Å². The van der Waals surface area contributed by atoms with Gasteiger partial charge in [-0.05, 0) is 17.7 Å². The van der Waals surface area contributed by atoms with Gasteiger partial charge in [-0.3, -0.25) is 4.79 Å². The van der Waals surface area contributed by atoms with Crippen LogP contribution >= 0.6 is 11.6 Å². The summed E-state index contributed by atoms with van der Waals surface area (Å²) in [4.78, 5) is 23.0. The first-order valence-electron chi connectivity index (χ1n) is 5.33. The Bertz CT molecular complexity index is 430. The van der Waals surface area contributed by atoms with Crippen molar-refractivity contribution in [3.8, 4) is 0 Å². The fraction of sp³-hybridized carbons (Fsp3) is 0.333. The van der Waals surface area contributed by atoms with Crippen LogP contribution in [0.15, 0.2) is 24.3 Å². The third kappa shape index (κ3) is 2.77. The van der Waals surface area contributed by atoms with Gasteiger partial charge in [0.1, 0.15) is 6.04 Å². The summed E-state index contributed by atoms with van der Waals surface area (Å²) in [6.07, 6.45) is 0.532. The molecule has 90 valence electrons. The molecule has 1 atom stereocenters. The first kappa shape index (κ1) is 11.9. The Morgan fingerprint density at radius 3 is 2.65 bits per heavy atom. The van der Waals surface area contributed by atoms with Gasteiger partial charge in [0.15, 0.2) is 0 Å². The van der Waals surface area contributed by atoms with E-state index < -0.39 is 6.04 Å². The largest absolute Gasteiger partial charge is 0.464 e. The van der Waals surface area contributed by atoms with Gasteiger partial charge in [-0.15, -0.1) is 11.6 Å². The third-order valence-electron chi connectivity index (χ3n) is 2.61. The minimum Gasteiger partial charge on any atom is -0.464 e. The number of hydrogen-bond acceptors (Lipinski definition) is 3. The Morgan fingerprint density at radius 2 is 2.12 bits per heavy atom. The summed E-state index contributed by atoms with van der Waals surface area (Å²) in [5, 5.41) is 2.64. The number of nitrogens with one attached hydrogen (secondary N) is 1. The zero-order valence-electron chi connectivity index (χ0n) is 9.11. The van der Waals surface area contributed by atoms with Crippen LogP contribution in [0.3, 0.4) is 0 Å². The average molecular weight is 254 g/mol. The summed E-state index contributed by atoms with van der Waals surface area (Å²) < 4.78 is 4.77. The lowest BCUT2D eigenvalue weighted by Crippen LogP contribution is -2.37. The number of alkyl halides is 1. The molecule has 1 aromatic carbocycles. The second-order valence-corrected chi connectivity index (χ2v) is 4.08. The Hall–Kier alpha value is -1.55. The van der Waals surface area contributed by atoms with Gasteiger partial charge in [-0.1, -0.05) is 12.1 Å². The lowest BCUT2D eigenvalue weighted by molar-refractivity contribution is -0.139. The van der Waals surface area contributed by atoms with Crippen LogP contribution in [0, 0.1) is 0 Å². The van der Waals surface area contributed by atoms with Crippen molar-refractivity contribution in [3.05, 3.63) is 35.4 Å². The molecule has 0 spiro atoms. The van der Waals surface area contributed by atoms with Crippen LogP contribution in [0.5, 0.6) is 0 Å². The van der Waals surface area contributed by atoms with E-state index in [1.165, 1.54) is 0 Å². The van der Waals surface area contributed by atoms with Gasteiger partial charge in [0.25, 0.3) is 5.91 Å². The van der Waals surface area contributed by atoms with Crippen molar-refractivity contribution in [2.24, 2.45) is 0 Å². The van der Waals surface area contributed by atoms with Crippen molar-refractivity contribution >= 4 is 23.5 Å².